The second-order valence-corrected chi connectivity index (χ2v) is 5.11. The first-order valence-corrected chi connectivity index (χ1v) is 6.87. The minimum atomic E-state index is -0.945. The number of carbonyl (C=O) groups is 1. The third-order valence-corrected chi connectivity index (χ3v) is 3.58. The van der Waals surface area contributed by atoms with Crippen molar-refractivity contribution in [1.82, 2.24) is 5.32 Å². The molecule has 5 heteroatoms. The highest BCUT2D eigenvalue weighted by Gasteiger charge is 2.20. The Morgan fingerprint density at radius 1 is 1.05 bits per heavy atom. The summed E-state index contributed by atoms with van der Waals surface area (Å²) in [5.41, 5.74) is 1.15. The molecule has 2 aromatic carbocycles. The molecule has 0 radical (unpaired) electrons. The molecule has 0 heterocycles. The Balaban J connectivity index is 2.06. The van der Waals surface area contributed by atoms with Gasteiger partial charge in [0.1, 0.15) is 5.38 Å². The number of amides is 1. The van der Waals surface area contributed by atoms with E-state index in [0.29, 0.717) is 11.1 Å². The fraction of sp³-hybridized carbons (Fsp3) is 0.188. The number of carbonyl (C=O) groups excluding carboxylic acids is 1. The largest absolute Gasteiger partial charge is 0.348 e. The molecular formula is C16H14ClF2NO. The van der Waals surface area contributed by atoms with Crippen LogP contribution in [0, 0.1) is 11.6 Å². The van der Waals surface area contributed by atoms with Gasteiger partial charge in [0.05, 0.1) is 6.04 Å². The van der Waals surface area contributed by atoms with E-state index in [1.165, 1.54) is 6.07 Å². The van der Waals surface area contributed by atoms with Crippen LogP contribution in [-0.4, -0.2) is 5.91 Å². The predicted octanol–water partition coefficient (Wildman–Crippen LogP) is 4.12. The summed E-state index contributed by atoms with van der Waals surface area (Å²) in [5.74, 6) is -2.25. The molecule has 21 heavy (non-hydrogen) atoms. The van der Waals surface area contributed by atoms with Gasteiger partial charge in [-0.15, -0.1) is 11.6 Å². The summed E-state index contributed by atoms with van der Waals surface area (Å²) in [5, 5.41) is 1.85. The SMILES string of the molecule is CC(NC(=O)C(Cl)c1ccccc1)c1ccc(F)c(F)c1. The Bertz CT molecular complexity index is 633. The topological polar surface area (TPSA) is 29.1 Å². The Morgan fingerprint density at radius 2 is 1.71 bits per heavy atom. The summed E-state index contributed by atoms with van der Waals surface area (Å²) in [6.07, 6.45) is 0. The predicted molar refractivity (Wildman–Crippen MR) is 78.0 cm³/mol. The molecule has 0 saturated heterocycles. The first kappa shape index (κ1) is 15.4. The van der Waals surface area contributed by atoms with Crippen molar-refractivity contribution in [3.63, 3.8) is 0 Å². The Kier molecular flexibility index (Phi) is 4.91. The monoisotopic (exact) mass is 309 g/mol. The molecule has 0 saturated carbocycles. The third-order valence-electron chi connectivity index (χ3n) is 3.12. The maximum Gasteiger partial charge on any atom is 0.243 e. The van der Waals surface area contributed by atoms with Crippen molar-refractivity contribution in [2.24, 2.45) is 0 Å². The van der Waals surface area contributed by atoms with Crippen LogP contribution >= 0.6 is 11.6 Å². The Labute approximate surface area is 126 Å². The summed E-state index contributed by atoms with van der Waals surface area (Å²) in [6, 6.07) is 11.9. The second-order valence-electron chi connectivity index (χ2n) is 4.68. The smallest absolute Gasteiger partial charge is 0.243 e. The summed E-state index contributed by atoms with van der Waals surface area (Å²) < 4.78 is 26.1. The molecule has 110 valence electrons. The van der Waals surface area contributed by atoms with Crippen LogP contribution in [0.1, 0.15) is 29.5 Å². The van der Waals surface area contributed by atoms with E-state index in [4.69, 9.17) is 11.6 Å². The second kappa shape index (κ2) is 6.68. The van der Waals surface area contributed by atoms with Crippen LogP contribution in [0.5, 0.6) is 0 Å². The van der Waals surface area contributed by atoms with Crippen molar-refractivity contribution in [3.8, 4) is 0 Å². The number of hydrogen-bond acceptors (Lipinski definition) is 1. The number of nitrogens with one attached hydrogen (secondary N) is 1. The van der Waals surface area contributed by atoms with Crippen molar-refractivity contribution >= 4 is 17.5 Å². The lowest BCUT2D eigenvalue weighted by Gasteiger charge is -2.17. The van der Waals surface area contributed by atoms with Crippen LogP contribution in [-0.2, 0) is 4.79 Å². The first-order valence-electron chi connectivity index (χ1n) is 6.43. The quantitative estimate of drug-likeness (QED) is 0.846. The van der Waals surface area contributed by atoms with Crippen LogP contribution in [0.2, 0.25) is 0 Å². The molecule has 0 aliphatic heterocycles. The maximum absolute atomic E-state index is 13.2. The average molecular weight is 310 g/mol. The van der Waals surface area contributed by atoms with E-state index < -0.39 is 23.1 Å². The van der Waals surface area contributed by atoms with Gasteiger partial charge in [0.25, 0.3) is 0 Å². The van der Waals surface area contributed by atoms with E-state index in [-0.39, 0.29) is 5.91 Å². The number of halogens is 3. The lowest BCUT2D eigenvalue weighted by atomic mass is 10.1. The minimum absolute atomic E-state index is 0.389. The van der Waals surface area contributed by atoms with Crippen molar-refractivity contribution in [2.45, 2.75) is 18.3 Å². The molecule has 0 spiro atoms. The van der Waals surface area contributed by atoms with Gasteiger partial charge < -0.3 is 5.32 Å². The molecule has 2 atom stereocenters. The van der Waals surface area contributed by atoms with Gasteiger partial charge in [-0.25, -0.2) is 8.78 Å². The van der Waals surface area contributed by atoms with Crippen molar-refractivity contribution in [1.29, 1.82) is 0 Å². The minimum Gasteiger partial charge on any atom is -0.348 e. The fourth-order valence-corrected chi connectivity index (χ4v) is 2.13. The number of benzene rings is 2. The lowest BCUT2D eigenvalue weighted by Crippen LogP contribution is -2.29. The van der Waals surface area contributed by atoms with E-state index >= 15 is 0 Å². The zero-order valence-corrected chi connectivity index (χ0v) is 12.1. The average Bonchev–Trinajstić information content (AvgIpc) is 2.50. The third kappa shape index (κ3) is 3.79. The zero-order chi connectivity index (χ0) is 15.4. The van der Waals surface area contributed by atoms with E-state index in [1.54, 1.807) is 31.2 Å². The standard InChI is InChI=1S/C16H14ClF2NO/c1-10(12-7-8-13(18)14(19)9-12)20-16(21)15(17)11-5-3-2-4-6-11/h2-10,15H,1H3,(H,20,21). The van der Waals surface area contributed by atoms with Gasteiger partial charge in [0.2, 0.25) is 5.91 Å². The summed E-state index contributed by atoms with van der Waals surface area (Å²) in [7, 11) is 0. The highest BCUT2D eigenvalue weighted by molar-refractivity contribution is 6.30. The molecule has 0 aliphatic carbocycles. The maximum atomic E-state index is 13.2. The van der Waals surface area contributed by atoms with E-state index in [0.717, 1.165) is 12.1 Å². The molecule has 0 aliphatic rings. The first-order chi connectivity index (χ1) is 9.99. The van der Waals surface area contributed by atoms with Gasteiger partial charge in [-0.1, -0.05) is 36.4 Å². The van der Waals surface area contributed by atoms with Crippen LogP contribution in [0.4, 0.5) is 8.78 Å². The lowest BCUT2D eigenvalue weighted by molar-refractivity contribution is -0.121. The van der Waals surface area contributed by atoms with Gasteiger partial charge in [-0.05, 0) is 30.2 Å². The molecule has 2 nitrogen and oxygen atoms in total. The van der Waals surface area contributed by atoms with Gasteiger partial charge in [-0.3, -0.25) is 4.79 Å². The molecule has 1 amide bonds. The molecule has 1 N–H and O–H groups in total. The number of rotatable bonds is 4. The van der Waals surface area contributed by atoms with Crippen molar-refractivity contribution < 1.29 is 13.6 Å². The van der Waals surface area contributed by atoms with Crippen molar-refractivity contribution in [3.05, 3.63) is 71.3 Å². The highest BCUT2D eigenvalue weighted by Crippen LogP contribution is 2.22. The fourth-order valence-electron chi connectivity index (χ4n) is 1.92. The van der Waals surface area contributed by atoms with E-state index in [1.807, 2.05) is 6.07 Å². The van der Waals surface area contributed by atoms with Gasteiger partial charge >= 0.3 is 0 Å². The van der Waals surface area contributed by atoms with Crippen LogP contribution in [0.15, 0.2) is 48.5 Å². The molecule has 2 unspecified atom stereocenters. The van der Waals surface area contributed by atoms with Crippen LogP contribution < -0.4 is 5.32 Å². The van der Waals surface area contributed by atoms with Crippen LogP contribution in [0.25, 0.3) is 0 Å². The van der Waals surface area contributed by atoms with Gasteiger partial charge in [0.15, 0.2) is 11.6 Å². The van der Waals surface area contributed by atoms with Gasteiger partial charge in [0, 0.05) is 0 Å². The number of hydrogen-bond donors (Lipinski definition) is 1. The summed E-state index contributed by atoms with van der Waals surface area (Å²) in [6.45, 7) is 1.68. The summed E-state index contributed by atoms with van der Waals surface area (Å²) in [4.78, 5) is 12.1. The van der Waals surface area contributed by atoms with E-state index in [9.17, 15) is 13.6 Å². The normalized spacial score (nSPS) is 13.5. The molecule has 2 rings (SSSR count). The van der Waals surface area contributed by atoms with Crippen molar-refractivity contribution in [2.75, 3.05) is 0 Å². The zero-order valence-electron chi connectivity index (χ0n) is 11.3. The molecule has 0 bridgehead atoms. The molecule has 0 fully saturated rings. The van der Waals surface area contributed by atoms with Crippen LogP contribution in [0.3, 0.4) is 0 Å². The number of alkyl halides is 1. The molecule has 2 aromatic rings. The molecule has 0 aromatic heterocycles. The van der Waals surface area contributed by atoms with Gasteiger partial charge in [-0.2, -0.15) is 0 Å². The van der Waals surface area contributed by atoms with E-state index in [2.05, 4.69) is 5.32 Å². The Morgan fingerprint density at radius 3 is 2.33 bits per heavy atom. The molecular weight excluding hydrogens is 296 g/mol. The Hall–Kier alpha value is -1.94. The summed E-state index contributed by atoms with van der Waals surface area (Å²) >= 11 is 6.10. The highest BCUT2D eigenvalue weighted by atomic mass is 35.5.